The van der Waals surface area contributed by atoms with E-state index in [4.69, 9.17) is 10.0 Å². The van der Waals surface area contributed by atoms with Gasteiger partial charge in [0.25, 0.3) is 5.91 Å². The van der Waals surface area contributed by atoms with Gasteiger partial charge in [-0.2, -0.15) is 0 Å². The molecule has 1 unspecified atom stereocenters. The van der Waals surface area contributed by atoms with Gasteiger partial charge in [-0.05, 0) is 56.0 Å². The van der Waals surface area contributed by atoms with Gasteiger partial charge < -0.3 is 9.94 Å². The Morgan fingerprint density at radius 1 is 1.23 bits per heavy atom. The molecule has 1 heterocycles. The Morgan fingerprint density at radius 3 is 2.26 bits per heavy atom. The molecule has 0 radical (unpaired) electrons. The molecule has 35 heavy (non-hydrogen) atoms. The summed E-state index contributed by atoms with van der Waals surface area (Å²) in [6.07, 6.45) is 0.186. The van der Waals surface area contributed by atoms with Crippen LogP contribution < -0.4 is 5.48 Å². The van der Waals surface area contributed by atoms with Crippen molar-refractivity contribution in [2.75, 3.05) is 6.26 Å². The van der Waals surface area contributed by atoms with Gasteiger partial charge >= 0.3 is 0 Å². The number of sulfone groups is 1. The summed E-state index contributed by atoms with van der Waals surface area (Å²) in [5.41, 5.74) is 1.77. The summed E-state index contributed by atoms with van der Waals surface area (Å²) in [6.45, 7) is 4.34. The summed E-state index contributed by atoms with van der Waals surface area (Å²) in [4.78, 5) is 17.7. The van der Waals surface area contributed by atoms with Gasteiger partial charge in [-0.1, -0.05) is 29.4 Å². The highest BCUT2D eigenvalue weighted by Gasteiger charge is 2.51. The first-order valence-corrected chi connectivity index (χ1v) is 12.7. The van der Waals surface area contributed by atoms with Gasteiger partial charge in [-0.15, -0.1) is 0 Å². The minimum Gasteiger partial charge on any atom is -0.393 e. The lowest BCUT2D eigenvalue weighted by molar-refractivity contribution is -0.133. The van der Waals surface area contributed by atoms with E-state index >= 15 is 0 Å². The third-order valence-electron chi connectivity index (χ3n) is 6.17. The number of nitrogens with one attached hydrogen (secondary N) is 1. The quantitative estimate of drug-likeness (QED) is 0.370. The number of hydrogen-bond donors (Lipinski definition) is 3. The maximum atomic E-state index is 14.6. The number of oxime groups is 1. The van der Waals surface area contributed by atoms with Gasteiger partial charge in [0, 0.05) is 19.1 Å². The molecular weight excluding hydrogens is 482 g/mol. The maximum absolute atomic E-state index is 14.6. The lowest BCUT2D eigenvalue weighted by atomic mass is 9.86. The zero-order valence-electron chi connectivity index (χ0n) is 19.8. The van der Waals surface area contributed by atoms with E-state index in [9.17, 15) is 27.1 Å². The van der Waals surface area contributed by atoms with Crippen molar-refractivity contribution in [1.29, 1.82) is 0 Å². The van der Waals surface area contributed by atoms with Crippen molar-refractivity contribution in [2.45, 2.75) is 56.5 Å². The predicted octanol–water partition coefficient (Wildman–Crippen LogP) is 3.14. The Hall–Kier alpha value is -2.89. The van der Waals surface area contributed by atoms with Crippen LogP contribution in [-0.2, 0) is 25.9 Å². The lowest BCUT2D eigenvalue weighted by Crippen LogP contribution is -2.53. The minimum atomic E-state index is -3.93. The molecule has 3 N–H and O–H groups in total. The van der Waals surface area contributed by atoms with Crippen LogP contribution in [0.15, 0.2) is 41.6 Å². The van der Waals surface area contributed by atoms with Crippen molar-refractivity contribution in [3.8, 4) is 11.1 Å². The number of halogens is 2. The first-order chi connectivity index (χ1) is 16.2. The second kappa shape index (κ2) is 9.63. The van der Waals surface area contributed by atoms with Gasteiger partial charge in [0.1, 0.15) is 17.2 Å². The highest BCUT2D eigenvalue weighted by Crippen LogP contribution is 2.37. The number of amides is 1. The van der Waals surface area contributed by atoms with E-state index in [-0.39, 0.29) is 24.8 Å². The summed E-state index contributed by atoms with van der Waals surface area (Å²) in [5, 5.41) is 22.5. The fourth-order valence-corrected chi connectivity index (χ4v) is 5.18. The smallest absolute Gasteiger partial charge is 0.264 e. The summed E-state index contributed by atoms with van der Waals surface area (Å²) < 4.78 is 51.9. The van der Waals surface area contributed by atoms with Gasteiger partial charge in [0.15, 0.2) is 14.6 Å². The molecule has 3 atom stereocenters. The maximum Gasteiger partial charge on any atom is 0.264 e. The van der Waals surface area contributed by atoms with Crippen LogP contribution in [0.4, 0.5) is 8.78 Å². The van der Waals surface area contributed by atoms with Crippen LogP contribution in [0.3, 0.4) is 0 Å². The fraction of sp³-hybridized carbons (Fsp3) is 0.417. The number of nitrogens with zero attached hydrogens (tertiary/aromatic N) is 1. The Kier molecular flexibility index (Phi) is 7.35. The number of aliphatic hydroxyl groups is 1. The molecule has 8 nitrogen and oxygen atoms in total. The number of aliphatic hydroxyl groups excluding tert-OH is 1. The molecule has 1 aliphatic rings. The lowest BCUT2D eigenvalue weighted by Gasteiger charge is -2.32. The summed E-state index contributed by atoms with van der Waals surface area (Å²) in [6, 6.07) is 8.68. The molecule has 0 aromatic heterocycles. The fourth-order valence-electron chi connectivity index (χ4n) is 4.23. The Balaban J connectivity index is 1.81. The zero-order chi connectivity index (χ0) is 26.2. The van der Waals surface area contributed by atoms with Crippen LogP contribution in [0.25, 0.3) is 11.1 Å². The standard InChI is InChI=1S/C24H28F2N2O6S/c1-14(29)9-15-10-18(25)21(19(26)11-15)17-7-5-16(6-8-17)20-12-23(2,34-28-20)13-24(3,22(30)27-31)35(4,32)33/h5-8,10-11,14,29,31H,9,12-13H2,1-4H3,(H,27,30)/t14-,23?,24-/m1/s1. The van der Waals surface area contributed by atoms with Gasteiger partial charge in [0.2, 0.25) is 0 Å². The van der Waals surface area contributed by atoms with E-state index in [0.717, 1.165) is 6.26 Å². The molecule has 11 heteroatoms. The van der Waals surface area contributed by atoms with E-state index < -0.39 is 43.8 Å². The monoisotopic (exact) mass is 510 g/mol. The highest BCUT2D eigenvalue weighted by molar-refractivity contribution is 7.92. The zero-order valence-corrected chi connectivity index (χ0v) is 20.6. The molecule has 0 fully saturated rings. The number of carbonyl (C=O) groups excluding carboxylic acids is 1. The Morgan fingerprint density at radius 2 is 1.77 bits per heavy atom. The van der Waals surface area contributed by atoms with E-state index in [1.54, 1.807) is 19.1 Å². The van der Waals surface area contributed by atoms with Crippen molar-refractivity contribution in [2.24, 2.45) is 5.16 Å². The Bertz CT molecular complexity index is 1240. The van der Waals surface area contributed by atoms with Gasteiger partial charge in [0.05, 0.1) is 17.4 Å². The SMILES string of the molecule is C[C@@H](O)Cc1cc(F)c(-c2ccc(C3=NOC(C)(C[C@](C)(C(=O)NO)S(C)(=O)=O)C3)cc2)c(F)c1. The van der Waals surface area contributed by atoms with Crippen LogP contribution in [0.1, 0.15) is 44.7 Å². The summed E-state index contributed by atoms with van der Waals surface area (Å²) in [7, 11) is -3.93. The first-order valence-electron chi connectivity index (χ1n) is 10.8. The Labute approximate surface area is 202 Å². The number of hydroxylamine groups is 1. The van der Waals surface area contributed by atoms with Crippen LogP contribution in [0.5, 0.6) is 0 Å². The predicted molar refractivity (Wildman–Crippen MR) is 126 cm³/mol. The normalized spacial score (nSPS) is 20.5. The molecule has 1 aliphatic heterocycles. The molecule has 0 saturated heterocycles. The van der Waals surface area contributed by atoms with E-state index in [1.165, 1.54) is 43.6 Å². The van der Waals surface area contributed by atoms with E-state index in [2.05, 4.69) is 5.16 Å². The van der Waals surface area contributed by atoms with Crippen molar-refractivity contribution >= 4 is 21.5 Å². The molecule has 2 aromatic carbocycles. The molecule has 0 bridgehead atoms. The van der Waals surface area contributed by atoms with Crippen LogP contribution in [-0.4, -0.2) is 53.1 Å². The molecule has 0 saturated carbocycles. The third kappa shape index (κ3) is 5.52. The average molecular weight is 511 g/mol. The molecule has 190 valence electrons. The van der Waals surface area contributed by atoms with Crippen LogP contribution >= 0.6 is 0 Å². The van der Waals surface area contributed by atoms with Crippen LogP contribution in [0.2, 0.25) is 0 Å². The molecule has 2 aromatic rings. The minimum absolute atomic E-state index is 0.129. The van der Waals surface area contributed by atoms with Crippen LogP contribution in [0, 0.1) is 11.6 Å². The summed E-state index contributed by atoms with van der Waals surface area (Å²) in [5.74, 6) is -2.57. The van der Waals surface area contributed by atoms with Gasteiger partial charge in [-0.25, -0.2) is 22.7 Å². The van der Waals surface area contributed by atoms with E-state index in [1.807, 2.05) is 0 Å². The first kappa shape index (κ1) is 26.7. The van der Waals surface area contributed by atoms with Crippen molar-refractivity contribution < 1.29 is 37.1 Å². The van der Waals surface area contributed by atoms with Crippen molar-refractivity contribution in [3.05, 3.63) is 59.2 Å². The number of benzene rings is 2. The second-order valence-electron chi connectivity index (χ2n) is 9.44. The molecule has 1 amide bonds. The third-order valence-corrected chi connectivity index (χ3v) is 8.14. The largest absolute Gasteiger partial charge is 0.393 e. The summed E-state index contributed by atoms with van der Waals surface area (Å²) >= 11 is 0. The molecule has 0 spiro atoms. The van der Waals surface area contributed by atoms with Crippen molar-refractivity contribution in [1.82, 2.24) is 5.48 Å². The second-order valence-corrected chi connectivity index (χ2v) is 11.9. The number of carbonyl (C=O) groups is 1. The molecular formula is C24H28F2N2O6S. The highest BCUT2D eigenvalue weighted by atomic mass is 32.2. The number of rotatable bonds is 8. The van der Waals surface area contributed by atoms with E-state index in [0.29, 0.717) is 22.4 Å². The number of hydrogen-bond acceptors (Lipinski definition) is 7. The average Bonchev–Trinajstić information content (AvgIpc) is 3.13. The topological polar surface area (TPSA) is 125 Å². The van der Waals surface area contributed by atoms with Crippen molar-refractivity contribution in [3.63, 3.8) is 0 Å². The molecule has 3 rings (SSSR count). The molecule has 0 aliphatic carbocycles. The van der Waals surface area contributed by atoms with Gasteiger partial charge in [-0.3, -0.25) is 10.0 Å².